The van der Waals surface area contributed by atoms with E-state index in [9.17, 15) is 9.90 Å². The van der Waals surface area contributed by atoms with Crippen LogP contribution in [0, 0.1) is 17.8 Å². The quantitative estimate of drug-likeness (QED) is 0.453. The van der Waals surface area contributed by atoms with Gasteiger partial charge in [0.25, 0.3) is 0 Å². The van der Waals surface area contributed by atoms with Crippen molar-refractivity contribution in [3.63, 3.8) is 0 Å². The van der Waals surface area contributed by atoms with Crippen molar-refractivity contribution >= 4 is 13.2 Å². The molecule has 177 valence electrons. The predicted octanol–water partition coefficient (Wildman–Crippen LogP) is 8.82. The van der Waals surface area contributed by atoms with Crippen molar-refractivity contribution in [1.29, 1.82) is 0 Å². The molecule has 0 spiro atoms. The lowest BCUT2D eigenvalue weighted by Crippen LogP contribution is -2.21. The Bertz CT molecular complexity index is 473. The second kappa shape index (κ2) is 14.6. The Kier molecular flexibility index (Phi) is 11.9. The van der Waals surface area contributed by atoms with Gasteiger partial charge in [0.2, 0.25) is 0 Å². The van der Waals surface area contributed by atoms with E-state index in [4.69, 9.17) is 0 Å². The van der Waals surface area contributed by atoms with Gasteiger partial charge in [-0.25, -0.2) is 0 Å². The Hall–Kier alpha value is -0.465. The summed E-state index contributed by atoms with van der Waals surface area (Å²) >= 11 is 0. The molecule has 0 aromatic carbocycles. The van der Waals surface area contributed by atoms with Gasteiger partial charge in [-0.3, -0.25) is 4.79 Å². The molecule has 31 heavy (non-hydrogen) atoms. The Labute approximate surface area is 194 Å². The van der Waals surface area contributed by atoms with Crippen molar-refractivity contribution < 1.29 is 9.90 Å². The van der Waals surface area contributed by atoms with E-state index in [0.29, 0.717) is 5.82 Å². The topological polar surface area (TPSA) is 37.3 Å². The molecular formula is C28H50BO2. The number of carboxylic acid groups (broad SMARTS) is 1. The molecule has 3 heteroatoms. The summed E-state index contributed by atoms with van der Waals surface area (Å²) in [5.74, 6) is 2.82. The summed E-state index contributed by atoms with van der Waals surface area (Å²) in [5.41, 5.74) is 0. The van der Waals surface area contributed by atoms with Crippen LogP contribution in [0.4, 0.5) is 0 Å². The highest BCUT2D eigenvalue weighted by atomic mass is 16.4. The van der Waals surface area contributed by atoms with Gasteiger partial charge in [-0.1, -0.05) is 140 Å². The smallest absolute Gasteiger partial charge is 0.306 e. The fraction of sp³-hybridized carbons (Fsp3) is 0.964. The molecule has 2 atom stereocenters. The Morgan fingerprint density at radius 3 is 1.48 bits per heavy atom. The molecule has 0 aliphatic heterocycles. The third kappa shape index (κ3) is 9.51. The zero-order valence-electron chi connectivity index (χ0n) is 20.4. The van der Waals surface area contributed by atoms with Gasteiger partial charge in [0.15, 0.2) is 0 Å². The molecule has 2 nitrogen and oxygen atoms in total. The van der Waals surface area contributed by atoms with Gasteiger partial charge >= 0.3 is 5.97 Å². The van der Waals surface area contributed by atoms with Crippen LogP contribution in [0.3, 0.4) is 0 Å². The number of carboxylic acids is 1. The van der Waals surface area contributed by atoms with Crippen LogP contribution in [0.25, 0.3) is 0 Å². The first-order valence-electron chi connectivity index (χ1n) is 14.3. The van der Waals surface area contributed by atoms with Gasteiger partial charge in [-0.05, 0) is 24.7 Å². The van der Waals surface area contributed by atoms with E-state index in [1.807, 2.05) is 0 Å². The molecule has 2 unspecified atom stereocenters. The average molecular weight is 430 g/mol. The zero-order valence-corrected chi connectivity index (χ0v) is 20.4. The summed E-state index contributed by atoms with van der Waals surface area (Å²) < 4.78 is 0. The summed E-state index contributed by atoms with van der Waals surface area (Å²) in [5, 5.41) is 9.56. The van der Waals surface area contributed by atoms with Crippen LogP contribution in [-0.4, -0.2) is 18.4 Å². The SMILES string of the molecule is O=C(O)C1CCCCCCC([B]C2CCCC(C3CCCCCCCC3)CCC2)CC1. The summed E-state index contributed by atoms with van der Waals surface area (Å²) in [4.78, 5) is 11.6. The van der Waals surface area contributed by atoms with Crippen molar-refractivity contribution in [2.24, 2.45) is 17.8 Å². The second-order valence-electron chi connectivity index (χ2n) is 11.4. The van der Waals surface area contributed by atoms with Crippen LogP contribution in [0.2, 0.25) is 11.6 Å². The maximum Gasteiger partial charge on any atom is 0.306 e. The normalized spacial score (nSPS) is 33.7. The maximum atomic E-state index is 11.6. The lowest BCUT2D eigenvalue weighted by Gasteiger charge is -2.32. The van der Waals surface area contributed by atoms with Crippen LogP contribution in [0.1, 0.15) is 141 Å². The molecule has 1 radical (unpaired) electrons. The summed E-state index contributed by atoms with van der Waals surface area (Å²) in [6, 6.07) is 0. The van der Waals surface area contributed by atoms with Crippen molar-refractivity contribution in [3.8, 4) is 0 Å². The first-order chi connectivity index (χ1) is 15.2. The van der Waals surface area contributed by atoms with Crippen LogP contribution >= 0.6 is 0 Å². The molecule has 3 aliphatic carbocycles. The first-order valence-corrected chi connectivity index (χ1v) is 14.3. The monoisotopic (exact) mass is 429 g/mol. The van der Waals surface area contributed by atoms with Crippen molar-refractivity contribution in [1.82, 2.24) is 0 Å². The average Bonchev–Trinajstić information content (AvgIpc) is 2.88. The molecule has 0 saturated heterocycles. The van der Waals surface area contributed by atoms with Crippen LogP contribution in [0.5, 0.6) is 0 Å². The highest BCUT2D eigenvalue weighted by Crippen LogP contribution is 2.39. The van der Waals surface area contributed by atoms with E-state index in [2.05, 4.69) is 7.28 Å². The van der Waals surface area contributed by atoms with E-state index < -0.39 is 5.97 Å². The highest BCUT2D eigenvalue weighted by molar-refractivity contribution is 6.39. The van der Waals surface area contributed by atoms with Gasteiger partial charge in [0.05, 0.1) is 5.92 Å². The molecule has 1 N–H and O–H groups in total. The molecule has 3 rings (SSSR count). The molecular weight excluding hydrogens is 379 g/mol. The third-order valence-electron chi connectivity index (χ3n) is 9.02. The third-order valence-corrected chi connectivity index (χ3v) is 9.02. The minimum Gasteiger partial charge on any atom is -0.481 e. The van der Waals surface area contributed by atoms with Crippen molar-refractivity contribution in [3.05, 3.63) is 0 Å². The van der Waals surface area contributed by atoms with E-state index in [1.165, 1.54) is 116 Å². The minimum atomic E-state index is -0.554. The maximum absolute atomic E-state index is 11.6. The van der Waals surface area contributed by atoms with Gasteiger partial charge in [0.1, 0.15) is 7.28 Å². The van der Waals surface area contributed by atoms with Gasteiger partial charge < -0.3 is 5.11 Å². The summed E-state index contributed by atoms with van der Waals surface area (Å²) in [7, 11) is 2.71. The number of hydrogen-bond acceptors (Lipinski definition) is 1. The van der Waals surface area contributed by atoms with Gasteiger partial charge in [-0.15, -0.1) is 0 Å². The lowest BCUT2D eigenvalue weighted by molar-refractivity contribution is -0.142. The summed E-state index contributed by atoms with van der Waals surface area (Å²) in [6.07, 6.45) is 29.6. The number of hydrogen-bond donors (Lipinski definition) is 1. The largest absolute Gasteiger partial charge is 0.481 e. The fourth-order valence-electron chi connectivity index (χ4n) is 7.05. The minimum absolute atomic E-state index is 0.0972. The van der Waals surface area contributed by atoms with E-state index in [1.54, 1.807) is 0 Å². The second-order valence-corrected chi connectivity index (χ2v) is 11.4. The number of carbonyl (C=O) groups is 1. The predicted molar refractivity (Wildman–Crippen MR) is 133 cm³/mol. The molecule has 0 aromatic rings. The zero-order chi connectivity index (χ0) is 21.7. The Morgan fingerprint density at radius 2 is 0.903 bits per heavy atom. The van der Waals surface area contributed by atoms with Crippen LogP contribution in [0.15, 0.2) is 0 Å². The molecule has 3 saturated carbocycles. The molecule has 0 amide bonds. The fourth-order valence-corrected chi connectivity index (χ4v) is 7.05. The van der Waals surface area contributed by atoms with E-state index >= 15 is 0 Å². The van der Waals surface area contributed by atoms with Crippen LogP contribution < -0.4 is 0 Å². The molecule has 0 bridgehead atoms. The molecule has 0 aromatic heterocycles. The van der Waals surface area contributed by atoms with Crippen molar-refractivity contribution in [2.45, 2.75) is 153 Å². The Morgan fingerprint density at radius 1 is 0.484 bits per heavy atom. The number of rotatable bonds is 4. The molecule has 0 heterocycles. The molecule has 3 fully saturated rings. The molecule has 3 aliphatic rings. The number of aliphatic carboxylic acids is 1. The van der Waals surface area contributed by atoms with Crippen LogP contribution in [-0.2, 0) is 4.79 Å². The van der Waals surface area contributed by atoms with E-state index in [0.717, 1.165) is 43.3 Å². The van der Waals surface area contributed by atoms with Gasteiger partial charge in [-0.2, -0.15) is 0 Å². The Balaban J connectivity index is 1.44. The summed E-state index contributed by atoms with van der Waals surface area (Å²) in [6.45, 7) is 0. The first kappa shape index (κ1) is 25.2. The van der Waals surface area contributed by atoms with Crippen molar-refractivity contribution in [2.75, 3.05) is 0 Å². The van der Waals surface area contributed by atoms with Gasteiger partial charge in [0, 0.05) is 0 Å². The highest BCUT2D eigenvalue weighted by Gasteiger charge is 2.27. The standard InChI is InChI=1S/C28H50BO2/c30-28(31)25-15-9-5-6-10-18-27(22-21-25)29-26-19-11-16-24(17-12-20-26)23-13-7-3-1-2-4-8-14-23/h23-27H,1-22H2,(H,30,31). The van der Waals surface area contributed by atoms with E-state index in [-0.39, 0.29) is 5.92 Å². The lowest BCUT2D eigenvalue weighted by atomic mass is 9.49.